The van der Waals surface area contributed by atoms with E-state index < -0.39 is 0 Å². The van der Waals surface area contributed by atoms with E-state index in [1.54, 1.807) is 10.9 Å². The Labute approximate surface area is 162 Å². The predicted octanol–water partition coefficient (Wildman–Crippen LogP) is 3.02. The van der Waals surface area contributed by atoms with Gasteiger partial charge in [-0.3, -0.25) is 4.79 Å². The van der Waals surface area contributed by atoms with Crippen LogP contribution in [0.5, 0.6) is 0 Å². The Morgan fingerprint density at radius 2 is 1.96 bits per heavy atom. The average Bonchev–Trinajstić information content (AvgIpc) is 3.18. The van der Waals surface area contributed by atoms with Gasteiger partial charge in [-0.05, 0) is 30.2 Å². The van der Waals surface area contributed by atoms with Crippen molar-refractivity contribution < 1.29 is 4.79 Å². The Bertz CT molecular complexity index is 970. The van der Waals surface area contributed by atoms with Gasteiger partial charge < -0.3 is 10.2 Å². The highest BCUT2D eigenvalue weighted by Gasteiger charge is 2.31. The molecule has 1 atom stereocenters. The molecule has 27 heavy (non-hydrogen) atoms. The van der Waals surface area contributed by atoms with Gasteiger partial charge in [0.05, 0.1) is 17.9 Å². The summed E-state index contributed by atoms with van der Waals surface area (Å²) < 4.78 is 1.65. The minimum absolute atomic E-state index is 0.136. The maximum Gasteiger partial charge on any atom is 0.276 e. The van der Waals surface area contributed by atoms with Crippen molar-refractivity contribution >= 4 is 17.5 Å². The molecule has 0 spiro atoms. The predicted molar refractivity (Wildman–Crippen MR) is 104 cm³/mol. The highest BCUT2D eigenvalue weighted by atomic mass is 35.5. The second kappa shape index (κ2) is 7.50. The first-order chi connectivity index (χ1) is 13.1. The third-order valence-electron chi connectivity index (χ3n) is 4.84. The first-order valence-electron chi connectivity index (χ1n) is 8.89. The lowest BCUT2D eigenvalue weighted by Crippen LogP contribution is -2.48. The summed E-state index contributed by atoms with van der Waals surface area (Å²) in [6.07, 6.45) is 1.69. The highest BCUT2D eigenvalue weighted by Crippen LogP contribution is 2.29. The van der Waals surface area contributed by atoms with Gasteiger partial charge in [-0.2, -0.15) is 0 Å². The summed E-state index contributed by atoms with van der Waals surface area (Å²) in [6, 6.07) is 15.4. The lowest BCUT2D eigenvalue weighted by molar-refractivity contribution is 0.0628. The minimum atomic E-state index is -0.138. The van der Waals surface area contributed by atoms with E-state index >= 15 is 0 Å². The van der Waals surface area contributed by atoms with Crippen LogP contribution in [0.2, 0.25) is 5.02 Å². The van der Waals surface area contributed by atoms with Crippen LogP contribution in [-0.4, -0.2) is 45.4 Å². The van der Waals surface area contributed by atoms with Gasteiger partial charge in [0, 0.05) is 24.7 Å². The zero-order valence-electron chi connectivity index (χ0n) is 15.0. The van der Waals surface area contributed by atoms with Crippen LogP contribution in [0.25, 0.3) is 5.69 Å². The van der Waals surface area contributed by atoms with Gasteiger partial charge in [0.2, 0.25) is 0 Å². The monoisotopic (exact) mass is 381 g/mol. The molecule has 2 aromatic carbocycles. The van der Waals surface area contributed by atoms with Crippen molar-refractivity contribution in [2.24, 2.45) is 0 Å². The second-order valence-corrected chi connectivity index (χ2v) is 6.98. The molecule has 1 amide bonds. The Hall–Kier alpha value is -2.70. The molecule has 1 saturated heterocycles. The van der Waals surface area contributed by atoms with E-state index in [0.29, 0.717) is 23.8 Å². The Kier molecular flexibility index (Phi) is 4.92. The summed E-state index contributed by atoms with van der Waals surface area (Å²) in [5, 5.41) is 12.3. The Morgan fingerprint density at radius 3 is 2.78 bits per heavy atom. The molecular weight excluding hydrogens is 362 g/mol. The second-order valence-electron chi connectivity index (χ2n) is 6.57. The van der Waals surface area contributed by atoms with Gasteiger partial charge >= 0.3 is 0 Å². The zero-order chi connectivity index (χ0) is 18.8. The number of nitrogens with zero attached hydrogens (tertiary/aromatic N) is 4. The van der Waals surface area contributed by atoms with Crippen molar-refractivity contribution in [1.29, 1.82) is 0 Å². The summed E-state index contributed by atoms with van der Waals surface area (Å²) in [5.74, 6) is -0.138. The summed E-state index contributed by atoms with van der Waals surface area (Å²) in [7, 11) is 0. The van der Waals surface area contributed by atoms with E-state index in [4.69, 9.17) is 11.6 Å². The lowest BCUT2D eigenvalue weighted by Gasteiger charge is -2.36. The van der Waals surface area contributed by atoms with E-state index in [1.807, 2.05) is 60.4 Å². The first-order valence-corrected chi connectivity index (χ1v) is 9.27. The van der Waals surface area contributed by atoms with Gasteiger partial charge in [-0.25, -0.2) is 4.68 Å². The van der Waals surface area contributed by atoms with Crippen LogP contribution in [0.3, 0.4) is 0 Å². The summed E-state index contributed by atoms with van der Waals surface area (Å²) in [4.78, 5) is 15.0. The molecule has 6 nitrogen and oxygen atoms in total. The molecule has 1 unspecified atom stereocenters. The first kappa shape index (κ1) is 17.7. The third-order valence-corrected chi connectivity index (χ3v) is 5.19. The highest BCUT2D eigenvalue weighted by molar-refractivity contribution is 6.31. The molecule has 0 bridgehead atoms. The molecular formula is C20H20ClN5O. The molecule has 0 aliphatic carbocycles. The number of hydrogen-bond acceptors (Lipinski definition) is 4. The van der Waals surface area contributed by atoms with Crippen LogP contribution in [-0.2, 0) is 0 Å². The van der Waals surface area contributed by atoms with Crippen molar-refractivity contribution in [3.63, 3.8) is 0 Å². The fourth-order valence-electron chi connectivity index (χ4n) is 3.42. The van der Waals surface area contributed by atoms with Crippen molar-refractivity contribution in [1.82, 2.24) is 25.2 Å². The Balaban J connectivity index is 1.63. The maximum absolute atomic E-state index is 13.2. The minimum Gasteiger partial charge on any atom is -0.328 e. The molecule has 2 heterocycles. The van der Waals surface area contributed by atoms with Gasteiger partial charge in [-0.15, -0.1) is 5.10 Å². The van der Waals surface area contributed by atoms with E-state index in [1.165, 1.54) is 0 Å². The summed E-state index contributed by atoms with van der Waals surface area (Å²) in [6.45, 7) is 3.98. The van der Waals surface area contributed by atoms with Crippen LogP contribution in [0.15, 0.2) is 54.7 Å². The van der Waals surface area contributed by atoms with Gasteiger partial charge in [-0.1, -0.05) is 53.2 Å². The lowest BCUT2D eigenvalue weighted by atomic mass is 10.0. The fraction of sp³-hybridized carbons (Fsp3) is 0.250. The summed E-state index contributed by atoms with van der Waals surface area (Å²) in [5.41, 5.74) is 3.24. The van der Waals surface area contributed by atoms with Gasteiger partial charge in [0.1, 0.15) is 0 Å². The standard InChI is InChI=1S/C20H20ClN5O/c1-14-6-2-5-9-18(14)26-13-17(23-24-26)20(27)25-11-10-22-12-19(25)15-7-3-4-8-16(15)21/h2-9,13,19,22H,10-12H2,1H3. The number of carbonyl (C=O) groups is 1. The van der Waals surface area contributed by atoms with Crippen molar-refractivity contribution in [3.8, 4) is 5.69 Å². The molecule has 1 fully saturated rings. The quantitative estimate of drug-likeness (QED) is 0.757. The van der Waals surface area contributed by atoms with Crippen LogP contribution in [0.1, 0.15) is 27.7 Å². The van der Waals surface area contributed by atoms with E-state index in [9.17, 15) is 4.79 Å². The van der Waals surface area contributed by atoms with Crippen LogP contribution < -0.4 is 5.32 Å². The van der Waals surface area contributed by atoms with Crippen LogP contribution >= 0.6 is 11.6 Å². The number of halogens is 1. The van der Waals surface area contributed by atoms with E-state index in [2.05, 4.69) is 15.6 Å². The number of amides is 1. The number of hydrogen-bond donors (Lipinski definition) is 1. The molecule has 1 aromatic heterocycles. The zero-order valence-corrected chi connectivity index (χ0v) is 15.7. The fourth-order valence-corrected chi connectivity index (χ4v) is 3.68. The van der Waals surface area contributed by atoms with Crippen molar-refractivity contribution in [2.45, 2.75) is 13.0 Å². The average molecular weight is 382 g/mol. The van der Waals surface area contributed by atoms with Crippen molar-refractivity contribution in [3.05, 3.63) is 76.6 Å². The van der Waals surface area contributed by atoms with Crippen LogP contribution in [0, 0.1) is 6.92 Å². The number of para-hydroxylation sites is 1. The number of rotatable bonds is 3. The van der Waals surface area contributed by atoms with E-state index in [-0.39, 0.29) is 11.9 Å². The van der Waals surface area contributed by atoms with Crippen molar-refractivity contribution in [2.75, 3.05) is 19.6 Å². The molecule has 4 rings (SSSR count). The number of aromatic nitrogens is 3. The van der Waals surface area contributed by atoms with Gasteiger partial charge in [0.15, 0.2) is 5.69 Å². The molecule has 0 saturated carbocycles. The molecule has 1 aliphatic rings. The Morgan fingerprint density at radius 1 is 1.19 bits per heavy atom. The topological polar surface area (TPSA) is 63.1 Å². The van der Waals surface area contributed by atoms with Gasteiger partial charge in [0.25, 0.3) is 5.91 Å². The number of piperazine rings is 1. The maximum atomic E-state index is 13.2. The molecule has 7 heteroatoms. The number of benzene rings is 2. The third kappa shape index (κ3) is 3.46. The SMILES string of the molecule is Cc1ccccc1-n1cc(C(=O)N2CCNCC2c2ccccc2Cl)nn1. The van der Waals surface area contributed by atoms with Crippen LogP contribution in [0.4, 0.5) is 0 Å². The normalized spacial score (nSPS) is 17.1. The number of aryl methyl sites for hydroxylation is 1. The smallest absolute Gasteiger partial charge is 0.276 e. The van der Waals surface area contributed by atoms with E-state index in [0.717, 1.165) is 23.4 Å². The summed E-state index contributed by atoms with van der Waals surface area (Å²) >= 11 is 6.38. The number of nitrogens with one attached hydrogen (secondary N) is 1. The molecule has 138 valence electrons. The molecule has 1 aliphatic heterocycles. The molecule has 0 radical (unpaired) electrons. The number of carbonyl (C=O) groups excluding carboxylic acids is 1. The largest absolute Gasteiger partial charge is 0.328 e. The molecule has 1 N–H and O–H groups in total. The molecule has 3 aromatic rings.